The molecule has 1 aromatic rings. The van der Waals surface area contributed by atoms with Gasteiger partial charge in [-0.3, -0.25) is 4.79 Å². The topological polar surface area (TPSA) is 17.1 Å². The van der Waals surface area contributed by atoms with Crippen molar-refractivity contribution in [2.75, 3.05) is 0 Å². The number of carbonyl (C=O) groups excluding carboxylic acids is 1. The van der Waals surface area contributed by atoms with Crippen LogP contribution in [0.2, 0.25) is 0 Å². The maximum atomic E-state index is 12.1. The molecule has 2 bridgehead atoms. The van der Waals surface area contributed by atoms with E-state index in [1.807, 2.05) is 0 Å². The average molecular weight is 242 g/mol. The normalized spacial score (nSPS) is 29.7. The molecule has 0 heterocycles. The Bertz CT molecular complexity index is 431. The number of hydrogen-bond acceptors (Lipinski definition) is 1. The molecular weight excluding hydrogens is 220 g/mol. The van der Waals surface area contributed by atoms with Gasteiger partial charge >= 0.3 is 0 Å². The van der Waals surface area contributed by atoms with E-state index >= 15 is 0 Å². The Hall–Kier alpha value is -1.11. The summed E-state index contributed by atoms with van der Waals surface area (Å²) in [5, 5.41) is 0. The van der Waals surface area contributed by atoms with Crippen LogP contribution in [0.4, 0.5) is 0 Å². The lowest BCUT2D eigenvalue weighted by Crippen LogP contribution is -2.16. The number of fused-ring (bicyclic) bond motifs is 2. The predicted molar refractivity (Wildman–Crippen MR) is 73.4 cm³/mol. The van der Waals surface area contributed by atoms with Gasteiger partial charge in [-0.2, -0.15) is 0 Å². The second-order valence-electron chi connectivity index (χ2n) is 6.34. The van der Waals surface area contributed by atoms with Gasteiger partial charge in [-0.15, -0.1) is 0 Å². The number of carbonyl (C=O) groups is 1. The molecule has 2 aliphatic carbocycles. The minimum absolute atomic E-state index is 0.441. The van der Waals surface area contributed by atoms with Crippen LogP contribution in [-0.2, 0) is 11.2 Å². The van der Waals surface area contributed by atoms with E-state index in [1.54, 1.807) is 0 Å². The first-order valence-corrected chi connectivity index (χ1v) is 7.28. The summed E-state index contributed by atoms with van der Waals surface area (Å²) < 4.78 is 0. The molecule has 1 heteroatoms. The van der Waals surface area contributed by atoms with Crippen LogP contribution in [0, 0.1) is 24.7 Å². The van der Waals surface area contributed by atoms with Gasteiger partial charge in [-0.1, -0.05) is 36.2 Å². The van der Waals surface area contributed by atoms with Gasteiger partial charge in [0.25, 0.3) is 0 Å². The number of aryl methyl sites for hydroxylation is 1. The molecule has 96 valence electrons. The van der Waals surface area contributed by atoms with Gasteiger partial charge < -0.3 is 0 Å². The Morgan fingerprint density at radius 2 is 1.94 bits per heavy atom. The standard InChI is InChI=1S/C17H22O/c1-12-2-4-13(5-3-12)10-17(18)11-16-9-14-6-7-15(16)8-14/h2-5,14-16H,6-11H2,1H3. The first-order valence-electron chi connectivity index (χ1n) is 7.28. The number of Topliss-reactive ketones (excluding diaryl/α,β-unsaturated/α-hetero) is 1. The Balaban J connectivity index is 1.54. The first kappa shape index (κ1) is 12.0. The zero-order valence-electron chi connectivity index (χ0n) is 11.2. The molecule has 3 atom stereocenters. The molecule has 0 amide bonds. The summed E-state index contributed by atoms with van der Waals surface area (Å²) in [6.07, 6.45) is 7.00. The fraction of sp³-hybridized carbons (Fsp3) is 0.588. The number of ketones is 1. The molecule has 3 unspecified atom stereocenters. The lowest BCUT2D eigenvalue weighted by molar-refractivity contribution is -0.119. The molecule has 0 aliphatic heterocycles. The summed E-state index contributed by atoms with van der Waals surface area (Å²) in [7, 11) is 0. The third-order valence-electron chi connectivity index (χ3n) is 4.90. The predicted octanol–water partition coefficient (Wildman–Crippen LogP) is 3.93. The molecular formula is C17H22O. The van der Waals surface area contributed by atoms with Crippen molar-refractivity contribution in [1.82, 2.24) is 0 Å². The van der Waals surface area contributed by atoms with Crippen molar-refractivity contribution < 1.29 is 4.79 Å². The van der Waals surface area contributed by atoms with Crippen LogP contribution < -0.4 is 0 Å². The summed E-state index contributed by atoms with van der Waals surface area (Å²) in [5.74, 6) is 2.97. The highest BCUT2D eigenvalue weighted by Crippen LogP contribution is 2.49. The highest BCUT2D eigenvalue weighted by Gasteiger charge is 2.39. The maximum absolute atomic E-state index is 12.1. The van der Waals surface area contributed by atoms with Gasteiger partial charge in [-0.05, 0) is 49.5 Å². The van der Waals surface area contributed by atoms with Crippen LogP contribution in [0.25, 0.3) is 0 Å². The van der Waals surface area contributed by atoms with Crippen molar-refractivity contribution in [1.29, 1.82) is 0 Å². The third-order valence-corrected chi connectivity index (χ3v) is 4.90. The van der Waals surface area contributed by atoms with Crippen LogP contribution in [0.1, 0.15) is 43.2 Å². The van der Waals surface area contributed by atoms with E-state index in [4.69, 9.17) is 0 Å². The van der Waals surface area contributed by atoms with E-state index in [-0.39, 0.29) is 0 Å². The van der Waals surface area contributed by atoms with Crippen molar-refractivity contribution in [2.24, 2.45) is 17.8 Å². The number of hydrogen-bond donors (Lipinski definition) is 0. The van der Waals surface area contributed by atoms with Gasteiger partial charge in [0, 0.05) is 12.8 Å². The Labute approximate surface area is 110 Å². The fourth-order valence-corrected chi connectivity index (χ4v) is 3.92. The Morgan fingerprint density at radius 3 is 2.56 bits per heavy atom. The van der Waals surface area contributed by atoms with Gasteiger partial charge in [-0.25, -0.2) is 0 Å². The highest BCUT2D eigenvalue weighted by molar-refractivity contribution is 5.81. The number of benzene rings is 1. The third kappa shape index (κ3) is 2.50. The summed E-state index contributed by atoms with van der Waals surface area (Å²) in [6, 6.07) is 8.38. The first-order chi connectivity index (χ1) is 8.70. The van der Waals surface area contributed by atoms with Crippen LogP contribution >= 0.6 is 0 Å². The van der Waals surface area contributed by atoms with Crippen LogP contribution in [0.5, 0.6) is 0 Å². The van der Waals surface area contributed by atoms with Crippen molar-refractivity contribution in [3.05, 3.63) is 35.4 Å². The van der Waals surface area contributed by atoms with Crippen LogP contribution in [0.3, 0.4) is 0 Å². The highest BCUT2D eigenvalue weighted by atomic mass is 16.1. The van der Waals surface area contributed by atoms with Crippen molar-refractivity contribution >= 4 is 5.78 Å². The van der Waals surface area contributed by atoms with E-state index in [2.05, 4.69) is 31.2 Å². The second-order valence-corrected chi connectivity index (χ2v) is 6.34. The molecule has 0 N–H and O–H groups in total. The smallest absolute Gasteiger partial charge is 0.137 e. The molecule has 0 radical (unpaired) electrons. The second kappa shape index (κ2) is 4.87. The Kier molecular flexibility index (Phi) is 3.23. The molecule has 3 rings (SSSR count). The number of rotatable bonds is 4. The van der Waals surface area contributed by atoms with E-state index in [0.717, 1.165) is 18.3 Å². The molecule has 1 nitrogen and oxygen atoms in total. The molecule has 0 aromatic heterocycles. The summed E-state index contributed by atoms with van der Waals surface area (Å²) in [5.41, 5.74) is 2.44. The summed E-state index contributed by atoms with van der Waals surface area (Å²) >= 11 is 0. The Morgan fingerprint density at radius 1 is 1.17 bits per heavy atom. The van der Waals surface area contributed by atoms with Crippen LogP contribution in [0.15, 0.2) is 24.3 Å². The largest absolute Gasteiger partial charge is 0.299 e. The maximum Gasteiger partial charge on any atom is 0.137 e. The minimum atomic E-state index is 0.441. The minimum Gasteiger partial charge on any atom is -0.299 e. The van der Waals surface area contributed by atoms with E-state index in [0.29, 0.717) is 18.1 Å². The van der Waals surface area contributed by atoms with E-state index in [9.17, 15) is 4.79 Å². The molecule has 2 aliphatic rings. The average Bonchev–Trinajstić information content (AvgIpc) is 2.94. The van der Waals surface area contributed by atoms with Gasteiger partial charge in [0.2, 0.25) is 0 Å². The van der Waals surface area contributed by atoms with Crippen molar-refractivity contribution in [3.8, 4) is 0 Å². The lowest BCUT2D eigenvalue weighted by atomic mass is 9.84. The molecule has 18 heavy (non-hydrogen) atoms. The van der Waals surface area contributed by atoms with E-state index < -0.39 is 0 Å². The molecule has 1 aromatic carbocycles. The SMILES string of the molecule is Cc1ccc(CC(=O)CC2CC3CCC2C3)cc1. The molecule has 0 saturated heterocycles. The van der Waals surface area contributed by atoms with Gasteiger partial charge in [0.1, 0.15) is 5.78 Å². The van der Waals surface area contributed by atoms with Crippen molar-refractivity contribution in [3.63, 3.8) is 0 Å². The zero-order chi connectivity index (χ0) is 12.5. The van der Waals surface area contributed by atoms with Gasteiger partial charge in [0.15, 0.2) is 0 Å². The summed E-state index contributed by atoms with van der Waals surface area (Å²) in [4.78, 5) is 12.1. The lowest BCUT2D eigenvalue weighted by Gasteiger charge is -2.20. The summed E-state index contributed by atoms with van der Waals surface area (Å²) in [6.45, 7) is 2.08. The van der Waals surface area contributed by atoms with E-state index in [1.165, 1.54) is 36.8 Å². The zero-order valence-corrected chi connectivity index (χ0v) is 11.2. The fourth-order valence-electron chi connectivity index (χ4n) is 3.92. The monoisotopic (exact) mass is 242 g/mol. The quantitative estimate of drug-likeness (QED) is 0.781. The molecule has 0 spiro atoms. The molecule has 2 saturated carbocycles. The van der Waals surface area contributed by atoms with Gasteiger partial charge in [0.05, 0.1) is 0 Å². The van der Waals surface area contributed by atoms with Crippen molar-refractivity contribution in [2.45, 2.75) is 45.4 Å². The molecule has 2 fully saturated rings. The van der Waals surface area contributed by atoms with Crippen LogP contribution in [-0.4, -0.2) is 5.78 Å².